The molecule has 1 heterocycles. The Balaban J connectivity index is 2.23. The third kappa shape index (κ3) is 3.24. The summed E-state index contributed by atoms with van der Waals surface area (Å²) in [6.45, 7) is 3.72. The van der Waals surface area contributed by atoms with Gasteiger partial charge in [0.25, 0.3) is 0 Å². The Morgan fingerprint density at radius 3 is 2.81 bits per heavy atom. The topological polar surface area (TPSA) is 79.2 Å². The number of ether oxygens (including phenoxy) is 1. The van der Waals surface area contributed by atoms with Crippen LogP contribution in [0.1, 0.15) is 25.3 Å². The maximum Gasteiger partial charge on any atom is 0.245 e. The lowest BCUT2D eigenvalue weighted by atomic mass is 9.89. The first-order chi connectivity index (χ1) is 9.93. The summed E-state index contributed by atoms with van der Waals surface area (Å²) in [7, 11) is 0. The van der Waals surface area contributed by atoms with Crippen molar-refractivity contribution in [3.05, 3.63) is 28.2 Å². The number of benzene rings is 1. The molecule has 1 amide bonds. The monoisotopic (exact) mass is 350 g/mol. The Hall–Kier alpha value is -1.87. The Morgan fingerprint density at radius 1 is 1.48 bits per heavy atom. The van der Waals surface area contributed by atoms with Gasteiger partial charge in [0.2, 0.25) is 5.91 Å². The van der Waals surface area contributed by atoms with Gasteiger partial charge in [0.05, 0.1) is 12.0 Å². The molecule has 0 radical (unpaired) electrons. The highest BCUT2D eigenvalue weighted by molar-refractivity contribution is 9.10. The number of rotatable bonds is 4. The average Bonchev–Trinajstić information content (AvgIpc) is 2.81. The Morgan fingerprint density at radius 2 is 2.19 bits per heavy atom. The number of carbonyl (C=O) groups excluding carboxylic acids is 2. The molecule has 1 aromatic rings. The van der Waals surface area contributed by atoms with E-state index in [1.807, 2.05) is 6.07 Å². The minimum atomic E-state index is -1.31. The van der Waals surface area contributed by atoms with Gasteiger partial charge in [0.15, 0.2) is 11.7 Å². The zero-order valence-electron chi connectivity index (χ0n) is 11.7. The summed E-state index contributed by atoms with van der Waals surface area (Å²) in [5, 5.41) is 11.8. The van der Waals surface area contributed by atoms with Crippen LogP contribution in [-0.2, 0) is 9.59 Å². The van der Waals surface area contributed by atoms with Gasteiger partial charge in [-0.15, -0.1) is 0 Å². The second-order valence-electron chi connectivity index (χ2n) is 5.17. The van der Waals surface area contributed by atoms with Crippen molar-refractivity contribution in [2.24, 2.45) is 5.92 Å². The first-order valence-electron chi connectivity index (χ1n) is 6.60. The molecule has 1 N–H and O–H groups in total. The molecule has 0 aliphatic carbocycles. The molecule has 0 spiro atoms. The number of nitriles is 1. The van der Waals surface area contributed by atoms with E-state index in [-0.39, 0.29) is 12.6 Å². The quantitative estimate of drug-likeness (QED) is 0.843. The lowest BCUT2D eigenvalue weighted by Crippen LogP contribution is -2.40. The Labute approximate surface area is 131 Å². The minimum absolute atomic E-state index is 0.123. The van der Waals surface area contributed by atoms with Crippen LogP contribution in [0.5, 0.6) is 5.75 Å². The highest BCUT2D eigenvalue weighted by atomic mass is 79.9. The number of carbonyl (C=O) groups is 2. The molecular weight excluding hydrogens is 336 g/mol. The highest BCUT2D eigenvalue weighted by Crippen LogP contribution is 2.37. The van der Waals surface area contributed by atoms with Crippen molar-refractivity contribution in [3.63, 3.8) is 0 Å². The predicted octanol–water partition coefficient (Wildman–Crippen LogP) is 2.16. The van der Waals surface area contributed by atoms with Crippen molar-refractivity contribution in [2.75, 3.05) is 6.61 Å². The number of fused-ring (bicyclic) bond motifs is 1. The van der Waals surface area contributed by atoms with Gasteiger partial charge in [-0.2, -0.15) is 5.26 Å². The predicted molar refractivity (Wildman–Crippen MR) is 79.8 cm³/mol. The van der Waals surface area contributed by atoms with Crippen LogP contribution in [0.15, 0.2) is 22.7 Å². The van der Waals surface area contributed by atoms with Gasteiger partial charge in [0.1, 0.15) is 12.4 Å². The normalized spacial score (nSPS) is 17.6. The van der Waals surface area contributed by atoms with Gasteiger partial charge in [-0.3, -0.25) is 9.59 Å². The fraction of sp³-hybridized carbons (Fsp3) is 0.400. The van der Waals surface area contributed by atoms with Crippen LogP contribution < -0.4 is 10.1 Å². The molecule has 0 saturated carbocycles. The molecule has 0 fully saturated rings. The Bertz CT molecular complexity index is 622. The van der Waals surface area contributed by atoms with Crippen molar-refractivity contribution >= 4 is 27.6 Å². The number of ketones is 1. The first-order valence-corrected chi connectivity index (χ1v) is 7.39. The van der Waals surface area contributed by atoms with Crippen molar-refractivity contribution < 1.29 is 14.3 Å². The van der Waals surface area contributed by atoms with E-state index in [1.54, 1.807) is 32.0 Å². The van der Waals surface area contributed by atoms with Gasteiger partial charge in [-0.25, -0.2) is 0 Å². The van der Waals surface area contributed by atoms with E-state index in [2.05, 4.69) is 21.2 Å². The highest BCUT2D eigenvalue weighted by Gasteiger charge is 2.38. The summed E-state index contributed by atoms with van der Waals surface area (Å²) < 4.78 is 6.28. The molecule has 0 aromatic heterocycles. The van der Waals surface area contributed by atoms with E-state index in [4.69, 9.17) is 10.00 Å². The minimum Gasteiger partial charge on any atom is -0.492 e. The first kappa shape index (κ1) is 15.5. The molecule has 2 unspecified atom stereocenters. The second kappa shape index (κ2) is 6.27. The summed E-state index contributed by atoms with van der Waals surface area (Å²) in [6, 6.07) is 7.05. The average molecular weight is 351 g/mol. The number of amides is 1. The molecule has 0 bridgehead atoms. The molecule has 110 valence electrons. The van der Waals surface area contributed by atoms with E-state index in [0.29, 0.717) is 11.3 Å². The van der Waals surface area contributed by atoms with Gasteiger partial charge in [-0.1, -0.05) is 15.9 Å². The molecule has 1 aliphatic heterocycles. The SMILES string of the molecule is CC(C)NC(=O)C(C#N)C(=O)C1COc2ccc(Br)cc21. The summed E-state index contributed by atoms with van der Waals surface area (Å²) in [4.78, 5) is 24.5. The van der Waals surface area contributed by atoms with Crippen LogP contribution in [0.3, 0.4) is 0 Å². The lowest BCUT2D eigenvalue weighted by molar-refractivity contribution is -0.132. The van der Waals surface area contributed by atoms with Crippen LogP contribution in [0, 0.1) is 17.2 Å². The fourth-order valence-electron chi connectivity index (χ4n) is 2.24. The third-order valence-corrected chi connectivity index (χ3v) is 3.70. The van der Waals surface area contributed by atoms with E-state index in [1.165, 1.54) is 0 Å². The van der Waals surface area contributed by atoms with Crippen LogP contribution in [0.25, 0.3) is 0 Å². The molecule has 2 atom stereocenters. The zero-order valence-corrected chi connectivity index (χ0v) is 13.3. The van der Waals surface area contributed by atoms with Gasteiger partial charge >= 0.3 is 0 Å². The van der Waals surface area contributed by atoms with E-state index in [9.17, 15) is 9.59 Å². The number of hydrogen-bond donors (Lipinski definition) is 1. The number of nitrogens with zero attached hydrogens (tertiary/aromatic N) is 1. The van der Waals surface area contributed by atoms with Crippen molar-refractivity contribution in [2.45, 2.75) is 25.8 Å². The molecule has 6 heteroatoms. The molecule has 2 rings (SSSR count). The number of hydrogen-bond acceptors (Lipinski definition) is 4. The molecular formula is C15H15BrN2O3. The van der Waals surface area contributed by atoms with Crippen molar-refractivity contribution in [1.29, 1.82) is 5.26 Å². The van der Waals surface area contributed by atoms with Crippen LogP contribution in [0.4, 0.5) is 0 Å². The smallest absolute Gasteiger partial charge is 0.245 e. The van der Waals surface area contributed by atoms with Gasteiger partial charge in [-0.05, 0) is 32.0 Å². The number of halogens is 1. The zero-order chi connectivity index (χ0) is 15.6. The maximum atomic E-state index is 12.5. The van der Waals surface area contributed by atoms with Crippen LogP contribution in [-0.4, -0.2) is 24.3 Å². The van der Waals surface area contributed by atoms with Crippen LogP contribution >= 0.6 is 15.9 Å². The second-order valence-corrected chi connectivity index (χ2v) is 6.09. The largest absolute Gasteiger partial charge is 0.492 e. The molecule has 0 saturated heterocycles. The Kier molecular flexibility index (Phi) is 4.63. The molecule has 21 heavy (non-hydrogen) atoms. The summed E-state index contributed by atoms with van der Waals surface area (Å²) in [5.74, 6) is -2.25. The van der Waals surface area contributed by atoms with E-state index >= 15 is 0 Å². The van der Waals surface area contributed by atoms with Crippen LogP contribution in [0.2, 0.25) is 0 Å². The summed E-state index contributed by atoms with van der Waals surface area (Å²) in [5.41, 5.74) is 0.715. The van der Waals surface area contributed by atoms with E-state index in [0.717, 1.165) is 4.47 Å². The molecule has 1 aromatic carbocycles. The summed E-state index contributed by atoms with van der Waals surface area (Å²) >= 11 is 3.35. The maximum absolute atomic E-state index is 12.5. The van der Waals surface area contributed by atoms with Crippen molar-refractivity contribution in [3.8, 4) is 11.8 Å². The molecule has 5 nitrogen and oxygen atoms in total. The number of Topliss-reactive ketones (excluding diaryl/α,β-unsaturated/α-hetero) is 1. The number of nitrogens with one attached hydrogen (secondary N) is 1. The van der Waals surface area contributed by atoms with Crippen molar-refractivity contribution in [1.82, 2.24) is 5.32 Å². The lowest BCUT2D eigenvalue weighted by Gasteiger charge is -2.15. The van der Waals surface area contributed by atoms with E-state index < -0.39 is 23.5 Å². The van der Waals surface area contributed by atoms with Gasteiger partial charge < -0.3 is 10.1 Å². The standard InChI is InChI=1S/C15H15BrN2O3/c1-8(2)18-15(20)11(6-17)14(19)12-7-21-13-4-3-9(16)5-10(12)13/h3-5,8,11-12H,7H2,1-2H3,(H,18,20). The fourth-order valence-corrected chi connectivity index (χ4v) is 2.62. The summed E-state index contributed by atoms with van der Waals surface area (Å²) in [6.07, 6.45) is 0. The van der Waals surface area contributed by atoms with Gasteiger partial charge in [0, 0.05) is 16.1 Å². The molecule has 1 aliphatic rings. The third-order valence-electron chi connectivity index (χ3n) is 3.20.